The molecule has 0 radical (unpaired) electrons. The predicted molar refractivity (Wildman–Crippen MR) is 87.3 cm³/mol. The Morgan fingerprint density at radius 1 is 1.20 bits per heavy atom. The van der Waals surface area contributed by atoms with Crippen molar-refractivity contribution in [2.45, 2.75) is 25.7 Å². The zero-order valence-corrected chi connectivity index (χ0v) is 13.3. The minimum Gasteiger partial charge on any atom is -0.481 e. The molecule has 1 aromatic carbocycles. The highest BCUT2D eigenvalue weighted by molar-refractivity contribution is 5.85. The molecule has 2 atom stereocenters. The molecule has 1 saturated carbocycles. The monoisotopic (exact) mass is 319 g/mol. The molecule has 1 fully saturated rings. The van der Waals surface area contributed by atoms with Gasteiger partial charge in [0.05, 0.1) is 5.92 Å². The fourth-order valence-electron chi connectivity index (χ4n) is 2.89. The Labute approximate surface area is 133 Å². The molecule has 0 amide bonds. The first-order valence-corrected chi connectivity index (χ1v) is 6.67. The molecule has 0 aromatic heterocycles. The van der Waals surface area contributed by atoms with Gasteiger partial charge in [-0.3, -0.25) is 4.79 Å². The lowest BCUT2D eigenvalue weighted by Crippen LogP contribution is -2.35. The van der Waals surface area contributed by atoms with E-state index < -0.39 is 5.97 Å². The van der Waals surface area contributed by atoms with Gasteiger partial charge in [0, 0.05) is 19.3 Å². The molecule has 1 aliphatic carbocycles. The van der Waals surface area contributed by atoms with Crippen molar-refractivity contribution in [2.75, 3.05) is 18.5 Å². The summed E-state index contributed by atoms with van der Waals surface area (Å²) in [5.74, 6) is -0.507. The van der Waals surface area contributed by atoms with Crippen LogP contribution in [0, 0.1) is 11.8 Å². The third kappa shape index (κ3) is 4.88. The Morgan fingerprint density at radius 2 is 1.80 bits per heavy atom. The van der Waals surface area contributed by atoms with Crippen LogP contribution >= 0.6 is 24.8 Å². The Morgan fingerprint density at radius 3 is 2.40 bits per heavy atom. The molecule has 3 nitrogen and oxygen atoms in total. The molecule has 0 saturated heterocycles. The van der Waals surface area contributed by atoms with Gasteiger partial charge in [-0.15, -0.1) is 24.8 Å². The van der Waals surface area contributed by atoms with Gasteiger partial charge in [0.15, 0.2) is 0 Å². The van der Waals surface area contributed by atoms with Crippen LogP contribution in [0.1, 0.15) is 25.7 Å². The first kappa shape index (κ1) is 19.1. The highest BCUT2D eigenvalue weighted by Crippen LogP contribution is 2.31. The number of carboxylic acids is 1. The summed E-state index contributed by atoms with van der Waals surface area (Å²) >= 11 is 0. The van der Waals surface area contributed by atoms with Gasteiger partial charge in [-0.1, -0.05) is 31.0 Å². The summed E-state index contributed by atoms with van der Waals surface area (Å²) in [7, 11) is 2.04. The fraction of sp³-hybridized carbons (Fsp3) is 0.533. The first-order valence-electron chi connectivity index (χ1n) is 6.67. The van der Waals surface area contributed by atoms with E-state index in [-0.39, 0.29) is 36.6 Å². The maximum atomic E-state index is 11.3. The van der Waals surface area contributed by atoms with E-state index in [0.717, 1.165) is 37.9 Å². The summed E-state index contributed by atoms with van der Waals surface area (Å²) in [5, 5.41) is 9.27. The predicted octanol–water partition coefficient (Wildman–Crippen LogP) is 3.86. The second-order valence-electron chi connectivity index (χ2n) is 5.21. The second-order valence-corrected chi connectivity index (χ2v) is 5.21. The lowest BCUT2D eigenvalue weighted by atomic mass is 9.79. The third-order valence-electron chi connectivity index (χ3n) is 3.93. The van der Waals surface area contributed by atoms with Gasteiger partial charge < -0.3 is 10.0 Å². The van der Waals surface area contributed by atoms with E-state index in [1.807, 2.05) is 25.2 Å². The average molecular weight is 320 g/mol. The number of hydrogen-bond acceptors (Lipinski definition) is 2. The molecule has 2 unspecified atom stereocenters. The number of halogens is 2. The molecule has 0 spiro atoms. The summed E-state index contributed by atoms with van der Waals surface area (Å²) in [4.78, 5) is 13.4. The SMILES string of the molecule is CN(CC1CCCCC1C(=O)O)c1ccccc1.Cl.Cl. The van der Waals surface area contributed by atoms with Gasteiger partial charge in [-0.2, -0.15) is 0 Å². The second kappa shape index (κ2) is 9.09. The highest BCUT2D eigenvalue weighted by atomic mass is 35.5. The lowest BCUT2D eigenvalue weighted by molar-refractivity contribution is -0.144. The van der Waals surface area contributed by atoms with Crippen molar-refractivity contribution in [3.63, 3.8) is 0 Å². The molecule has 1 aliphatic rings. The lowest BCUT2D eigenvalue weighted by Gasteiger charge is -2.32. The molecule has 1 aromatic rings. The number of nitrogens with zero attached hydrogens (tertiary/aromatic N) is 1. The van der Waals surface area contributed by atoms with E-state index in [1.54, 1.807) is 0 Å². The fourth-order valence-corrected chi connectivity index (χ4v) is 2.89. The molecule has 2 rings (SSSR count). The molecule has 5 heteroatoms. The summed E-state index contributed by atoms with van der Waals surface area (Å²) in [5.41, 5.74) is 1.16. The van der Waals surface area contributed by atoms with E-state index in [0.29, 0.717) is 0 Å². The molecule has 20 heavy (non-hydrogen) atoms. The van der Waals surface area contributed by atoms with Crippen LogP contribution in [0.4, 0.5) is 5.69 Å². The quantitative estimate of drug-likeness (QED) is 0.916. The van der Waals surface area contributed by atoms with E-state index >= 15 is 0 Å². The van der Waals surface area contributed by atoms with Crippen molar-refractivity contribution >= 4 is 36.5 Å². The maximum absolute atomic E-state index is 11.3. The van der Waals surface area contributed by atoms with Crippen molar-refractivity contribution < 1.29 is 9.90 Å². The van der Waals surface area contributed by atoms with Crippen LogP contribution in [0.3, 0.4) is 0 Å². The Bertz CT molecular complexity index is 400. The van der Waals surface area contributed by atoms with Crippen molar-refractivity contribution in [3.05, 3.63) is 30.3 Å². The summed E-state index contributed by atoms with van der Waals surface area (Å²) in [6.45, 7) is 0.834. The molecule has 0 aliphatic heterocycles. The van der Waals surface area contributed by atoms with Gasteiger partial charge >= 0.3 is 5.97 Å². The Hall–Kier alpha value is -0.930. The van der Waals surface area contributed by atoms with E-state index in [1.165, 1.54) is 0 Å². The Balaban J connectivity index is 0.00000180. The normalized spacial score (nSPS) is 21.2. The number of rotatable bonds is 4. The molecule has 0 bridgehead atoms. The van der Waals surface area contributed by atoms with Crippen LogP contribution in [0.2, 0.25) is 0 Å². The highest BCUT2D eigenvalue weighted by Gasteiger charge is 2.31. The van der Waals surface area contributed by atoms with E-state index in [2.05, 4.69) is 17.0 Å². The van der Waals surface area contributed by atoms with Crippen molar-refractivity contribution in [1.82, 2.24) is 0 Å². The number of anilines is 1. The summed E-state index contributed by atoms with van der Waals surface area (Å²) < 4.78 is 0. The topological polar surface area (TPSA) is 40.5 Å². The zero-order valence-electron chi connectivity index (χ0n) is 11.7. The van der Waals surface area contributed by atoms with Crippen molar-refractivity contribution in [3.8, 4) is 0 Å². The third-order valence-corrected chi connectivity index (χ3v) is 3.93. The number of carbonyl (C=O) groups is 1. The molecular formula is C15H23Cl2NO2. The summed E-state index contributed by atoms with van der Waals surface area (Å²) in [6, 6.07) is 10.2. The van der Waals surface area contributed by atoms with Crippen LogP contribution in [-0.2, 0) is 4.79 Å². The number of para-hydroxylation sites is 1. The maximum Gasteiger partial charge on any atom is 0.306 e. The van der Waals surface area contributed by atoms with Gasteiger partial charge in [-0.25, -0.2) is 0 Å². The van der Waals surface area contributed by atoms with Crippen LogP contribution in [-0.4, -0.2) is 24.7 Å². The molecular weight excluding hydrogens is 297 g/mol. The molecule has 0 heterocycles. The van der Waals surface area contributed by atoms with Crippen LogP contribution in [0.5, 0.6) is 0 Å². The van der Waals surface area contributed by atoms with Gasteiger partial charge in [0.2, 0.25) is 0 Å². The number of benzene rings is 1. The molecule has 1 N–H and O–H groups in total. The minimum absolute atomic E-state index is 0. The number of aliphatic carboxylic acids is 1. The van der Waals surface area contributed by atoms with Crippen LogP contribution in [0.15, 0.2) is 30.3 Å². The average Bonchev–Trinajstić information content (AvgIpc) is 2.40. The van der Waals surface area contributed by atoms with E-state index in [9.17, 15) is 9.90 Å². The standard InChI is InChI=1S/C15H21NO2.2ClH/c1-16(13-8-3-2-4-9-13)11-12-7-5-6-10-14(12)15(17)18;;/h2-4,8-9,12,14H,5-7,10-11H2,1H3,(H,17,18);2*1H. The van der Waals surface area contributed by atoms with Crippen molar-refractivity contribution in [1.29, 1.82) is 0 Å². The minimum atomic E-state index is -0.624. The molecule has 114 valence electrons. The smallest absolute Gasteiger partial charge is 0.306 e. The van der Waals surface area contributed by atoms with Crippen LogP contribution < -0.4 is 4.90 Å². The van der Waals surface area contributed by atoms with Crippen LogP contribution in [0.25, 0.3) is 0 Å². The number of hydrogen-bond donors (Lipinski definition) is 1. The van der Waals surface area contributed by atoms with Gasteiger partial charge in [0.25, 0.3) is 0 Å². The largest absolute Gasteiger partial charge is 0.481 e. The number of carboxylic acid groups (broad SMARTS) is 1. The van der Waals surface area contributed by atoms with Crippen molar-refractivity contribution in [2.24, 2.45) is 11.8 Å². The van der Waals surface area contributed by atoms with Gasteiger partial charge in [-0.05, 0) is 30.9 Å². The zero-order chi connectivity index (χ0) is 13.0. The van der Waals surface area contributed by atoms with Gasteiger partial charge in [0.1, 0.15) is 0 Å². The summed E-state index contributed by atoms with van der Waals surface area (Å²) in [6.07, 6.45) is 4.09. The Kier molecular flexibility index (Phi) is 8.67. The van der Waals surface area contributed by atoms with E-state index in [4.69, 9.17) is 0 Å². The first-order chi connectivity index (χ1) is 8.68.